The number of Topliss-reactive ketones (excluding diaryl/α,β-unsaturated/α-hetero) is 1. The Morgan fingerprint density at radius 1 is 1.08 bits per heavy atom. The minimum atomic E-state index is -0.582. The molecule has 1 saturated carbocycles. The molecule has 3 heterocycles. The van der Waals surface area contributed by atoms with E-state index < -0.39 is 6.04 Å². The normalized spacial score (nSPS) is 24.0. The van der Waals surface area contributed by atoms with Gasteiger partial charge in [0.25, 0.3) is 11.8 Å². The number of aromatic nitrogens is 2. The number of hydrogen-bond acceptors (Lipinski definition) is 7. The molecule has 2 fully saturated rings. The molecular weight excluding hydrogens is 502 g/mol. The summed E-state index contributed by atoms with van der Waals surface area (Å²) in [4.78, 5) is 64.6. The van der Waals surface area contributed by atoms with Gasteiger partial charge in [0.1, 0.15) is 11.4 Å². The van der Waals surface area contributed by atoms with E-state index in [1.165, 1.54) is 11.3 Å². The van der Waals surface area contributed by atoms with Crippen LogP contribution in [0.5, 0.6) is 0 Å². The molecule has 0 aromatic carbocycles. The van der Waals surface area contributed by atoms with Crippen molar-refractivity contribution in [3.05, 3.63) is 46.2 Å². The first-order valence-corrected chi connectivity index (χ1v) is 14.4. The van der Waals surface area contributed by atoms with Crippen molar-refractivity contribution >= 4 is 34.8 Å². The molecule has 1 N–H and O–H groups in total. The molecule has 38 heavy (non-hydrogen) atoms. The van der Waals surface area contributed by atoms with E-state index in [4.69, 9.17) is 0 Å². The summed E-state index contributed by atoms with van der Waals surface area (Å²) in [6.07, 6.45) is 6.53. The van der Waals surface area contributed by atoms with Crippen LogP contribution in [-0.2, 0) is 9.59 Å². The van der Waals surface area contributed by atoms with Gasteiger partial charge in [0.15, 0.2) is 5.78 Å². The zero-order valence-corrected chi connectivity index (χ0v) is 23.2. The first-order valence-electron chi connectivity index (χ1n) is 13.5. The van der Waals surface area contributed by atoms with Crippen molar-refractivity contribution in [2.45, 2.75) is 83.8 Å². The number of carbonyl (C=O) groups excluding carboxylic acids is 4. The van der Waals surface area contributed by atoms with Gasteiger partial charge in [-0.3, -0.25) is 24.2 Å². The molecule has 0 radical (unpaired) electrons. The highest BCUT2D eigenvalue weighted by atomic mass is 32.1. The molecule has 3 amide bonds. The minimum Gasteiger partial charge on any atom is -0.350 e. The molecule has 0 bridgehead atoms. The van der Waals surface area contributed by atoms with Crippen LogP contribution in [0.4, 0.5) is 0 Å². The van der Waals surface area contributed by atoms with Crippen LogP contribution in [0.3, 0.4) is 0 Å². The van der Waals surface area contributed by atoms with Crippen molar-refractivity contribution < 1.29 is 19.2 Å². The fraction of sp³-hybridized carbons (Fsp3) is 0.571. The number of nitrogens with zero attached hydrogens (tertiary/aromatic N) is 4. The standard InChI is InChI=1S/C28H37N5O4S/c1-18-7-10-21(11-8-18)33(26(35)13-15-30-27(36)23-17-38-20(3)31-23)24-12-9-19(2)32(16-25(24)34)28(37)22-6-4-5-14-29-22/h4-6,14,17-19,21,24H,7-13,15-16H2,1-3H3,(H,30,36)/t18?,19-,21?,24?/m1/s1. The lowest BCUT2D eigenvalue weighted by Crippen LogP contribution is -2.53. The molecule has 1 saturated heterocycles. The lowest BCUT2D eigenvalue weighted by Gasteiger charge is -2.40. The van der Waals surface area contributed by atoms with Crippen LogP contribution in [-0.4, -0.2) is 74.5 Å². The van der Waals surface area contributed by atoms with Gasteiger partial charge in [-0.15, -0.1) is 11.3 Å². The number of thiazole rings is 1. The second-order valence-corrected chi connectivity index (χ2v) is 11.6. The van der Waals surface area contributed by atoms with E-state index in [2.05, 4.69) is 22.2 Å². The number of hydrogen-bond donors (Lipinski definition) is 1. The second-order valence-electron chi connectivity index (χ2n) is 10.5. The number of amides is 3. The van der Waals surface area contributed by atoms with Crippen LogP contribution >= 0.6 is 11.3 Å². The minimum absolute atomic E-state index is 0.0158. The van der Waals surface area contributed by atoms with E-state index in [0.717, 1.165) is 30.7 Å². The number of aryl methyl sites for hydroxylation is 1. The van der Waals surface area contributed by atoms with Crippen LogP contribution in [0.1, 0.15) is 84.8 Å². The Balaban J connectivity index is 1.47. The lowest BCUT2D eigenvalue weighted by atomic mass is 9.85. The van der Waals surface area contributed by atoms with Crippen molar-refractivity contribution in [2.75, 3.05) is 13.1 Å². The van der Waals surface area contributed by atoms with Gasteiger partial charge in [-0.1, -0.05) is 13.0 Å². The first-order chi connectivity index (χ1) is 18.2. The summed E-state index contributed by atoms with van der Waals surface area (Å²) in [6, 6.07) is 4.41. The third-order valence-electron chi connectivity index (χ3n) is 7.71. The van der Waals surface area contributed by atoms with Gasteiger partial charge in [0, 0.05) is 36.6 Å². The summed E-state index contributed by atoms with van der Waals surface area (Å²) in [5.74, 6) is -0.220. The van der Waals surface area contributed by atoms with Crippen molar-refractivity contribution in [3.63, 3.8) is 0 Å². The third kappa shape index (κ3) is 6.64. The van der Waals surface area contributed by atoms with Crippen LogP contribution in [0.15, 0.2) is 29.8 Å². The highest BCUT2D eigenvalue weighted by Gasteiger charge is 2.40. The van der Waals surface area contributed by atoms with E-state index in [0.29, 0.717) is 30.1 Å². The van der Waals surface area contributed by atoms with Crippen LogP contribution < -0.4 is 5.32 Å². The topological polar surface area (TPSA) is 113 Å². The highest BCUT2D eigenvalue weighted by molar-refractivity contribution is 7.09. The zero-order valence-electron chi connectivity index (χ0n) is 22.4. The molecule has 204 valence electrons. The van der Waals surface area contributed by atoms with Gasteiger partial charge in [-0.05, 0) is 70.4 Å². The van der Waals surface area contributed by atoms with E-state index in [1.54, 1.807) is 39.6 Å². The summed E-state index contributed by atoms with van der Waals surface area (Å²) in [5.41, 5.74) is 0.662. The summed E-state index contributed by atoms with van der Waals surface area (Å²) in [6.45, 7) is 6.13. The van der Waals surface area contributed by atoms with Crippen molar-refractivity contribution in [2.24, 2.45) is 5.92 Å². The average Bonchev–Trinajstić information content (AvgIpc) is 3.30. The average molecular weight is 540 g/mol. The summed E-state index contributed by atoms with van der Waals surface area (Å²) in [5, 5.41) is 5.30. The maximum absolute atomic E-state index is 13.6. The number of carbonyl (C=O) groups is 4. The molecule has 9 nitrogen and oxygen atoms in total. The molecule has 1 aliphatic carbocycles. The van der Waals surface area contributed by atoms with E-state index in [9.17, 15) is 19.2 Å². The molecule has 1 aliphatic heterocycles. The van der Waals surface area contributed by atoms with Crippen molar-refractivity contribution in [1.82, 2.24) is 25.1 Å². The number of likely N-dealkylation sites (tertiary alicyclic amines) is 1. The lowest BCUT2D eigenvalue weighted by molar-refractivity contribution is -0.143. The van der Waals surface area contributed by atoms with Crippen LogP contribution in [0.2, 0.25) is 0 Å². The second kappa shape index (κ2) is 12.6. The number of nitrogens with one attached hydrogen (secondary N) is 1. The van der Waals surface area contributed by atoms with Gasteiger partial charge in [-0.25, -0.2) is 4.98 Å². The van der Waals surface area contributed by atoms with Crippen LogP contribution in [0, 0.1) is 12.8 Å². The van der Waals surface area contributed by atoms with Gasteiger partial charge in [-0.2, -0.15) is 0 Å². The van der Waals surface area contributed by atoms with Gasteiger partial charge >= 0.3 is 0 Å². The monoisotopic (exact) mass is 539 g/mol. The summed E-state index contributed by atoms with van der Waals surface area (Å²) >= 11 is 1.40. The molecule has 1 unspecified atom stereocenters. The number of pyridine rings is 1. The molecule has 4 rings (SSSR count). The van der Waals surface area contributed by atoms with Crippen LogP contribution in [0.25, 0.3) is 0 Å². The Morgan fingerprint density at radius 2 is 1.84 bits per heavy atom. The summed E-state index contributed by atoms with van der Waals surface area (Å²) < 4.78 is 0. The number of rotatable bonds is 7. The van der Waals surface area contributed by atoms with E-state index in [1.807, 2.05) is 13.8 Å². The predicted octanol–water partition coefficient (Wildman–Crippen LogP) is 3.64. The maximum atomic E-state index is 13.6. The van der Waals surface area contributed by atoms with Gasteiger partial charge < -0.3 is 15.1 Å². The van der Waals surface area contributed by atoms with E-state index >= 15 is 0 Å². The Kier molecular flexibility index (Phi) is 9.25. The predicted molar refractivity (Wildman–Crippen MR) is 145 cm³/mol. The van der Waals surface area contributed by atoms with Crippen molar-refractivity contribution in [1.29, 1.82) is 0 Å². The van der Waals surface area contributed by atoms with Gasteiger partial charge in [0.05, 0.1) is 17.6 Å². The number of ketones is 1. The Labute approximate surface area is 228 Å². The smallest absolute Gasteiger partial charge is 0.273 e. The fourth-order valence-electron chi connectivity index (χ4n) is 5.47. The highest BCUT2D eigenvalue weighted by Crippen LogP contribution is 2.31. The Morgan fingerprint density at radius 3 is 2.50 bits per heavy atom. The SMILES string of the molecule is Cc1nc(C(=O)NCCC(=O)N(C2CCC(C)CC2)C2CC[C@@H](C)N(C(=O)c3ccccn3)CC2=O)cs1. The molecule has 2 aromatic rings. The molecule has 2 aliphatic rings. The molecule has 10 heteroatoms. The quantitative estimate of drug-likeness (QED) is 0.575. The summed E-state index contributed by atoms with van der Waals surface area (Å²) in [7, 11) is 0. The fourth-order valence-corrected chi connectivity index (χ4v) is 6.06. The maximum Gasteiger partial charge on any atom is 0.273 e. The Bertz CT molecular complexity index is 1150. The molecular formula is C28H37N5O4S. The Hall–Kier alpha value is -3.14. The zero-order chi connectivity index (χ0) is 27.2. The molecule has 0 spiro atoms. The molecule has 2 atom stereocenters. The molecule has 2 aromatic heterocycles. The van der Waals surface area contributed by atoms with Crippen molar-refractivity contribution in [3.8, 4) is 0 Å². The third-order valence-corrected chi connectivity index (χ3v) is 8.48. The first kappa shape index (κ1) is 27.9. The van der Waals surface area contributed by atoms with Gasteiger partial charge in [0.2, 0.25) is 5.91 Å². The largest absolute Gasteiger partial charge is 0.350 e. The van der Waals surface area contributed by atoms with E-state index in [-0.39, 0.29) is 55.1 Å².